The van der Waals surface area contributed by atoms with Crippen LogP contribution in [0.3, 0.4) is 0 Å². The van der Waals surface area contributed by atoms with E-state index in [2.05, 4.69) is 37.3 Å². The lowest BCUT2D eigenvalue weighted by Crippen LogP contribution is -2.49. The Bertz CT molecular complexity index is 271. The van der Waals surface area contributed by atoms with Crippen LogP contribution in [0.5, 0.6) is 0 Å². The lowest BCUT2D eigenvalue weighted by Gasteiger charge is -2.36. The Morgan fingerprint density at radius 2 is 1.88 bits per heavy atom. The summed E-state index contributed by atoms with van der Waals surface area (Å²) in [5, 5.41) is 2.22. The molecule has 1 fully saturated rings. The van der Waals surface area contributed by atoms with Gasteiger partial charge < -0.3 is 5.73 Å². The average Bonchev–Trinajstić information content (AvgIpc) is 2.61. The summed E-state index contributed by atoms with van der Waals surface area (Å²) in [5.74, 6) is 0.923. The van der Waals surface area contributed by atoms with Crippen molar-refractivity contribution in [1.82, 2.24) is 10.4 Å². The van der Waals surface area contributed by atoms with Crippen molar-refractivity contribution < 1.29 is 0 Å². The maximum Gasteiger partial charge on any atom is 0.111 e. The first kappa shape index (κ1) is 11.8. The molecule has 3 heteroatoms. The number of nitrogens with zero attached hydrogens (tertiary/aromatic N) is 1. The molecule has 0 aromatic rings. The standard InChI is InChI=1S/C13H25N3/c1-13(2,3)11-9-12(14)16(15-11)10-7-5-4-6-8-10/h9-11,15H,4-8,14H2,1-3H3. The van der Waals surface area contributed by atoms with Crippen molar-refractivity contribution in [3.8, 4) is 0 Å². The van der Waals surface area contributed by atoms with Gasteiger partial charge in [0.2, 0.25) is 0 Å². The molecule has 2 aliphatic rings. The van der Waals surface area contributed by atoms with Gasteiger partial charge in [-0.05, 0) is 24.3 Å². The number of nitrogens with two attached hydrogens (primary N) is 1. The Kier molecular flexibility index (Phi) is 3.15. The summed E-state index contributed by atoms with van der Waals surface area (Å²) in [6.45, 7) is 6.75. The summed E-state index contributed by atoms with van der Waals surface area (Å²) in [6.07, 6.45) is 8.80. The topological polar surface area (TPSA) is 41.3 Å². The largest absolute Gasteiger partial charge is 0.385 e. The van der Waals surface area contributed by atoms with Crippen LogP contribution < -0.4 is 11.2 Å². The summed E-state index contributed by atoms with van der Waals surface area (Å²) < 4.78 is 0. The fourth-order valence-electron chi connectivity index (χ4n) is 2.61. The lowest BCUT2D eigenvalue weighted by molar-refractivity contribution is 0.118. The van der Waals surface area contributed by atoms with Gasteiger partial charge in [-0.2, -0.15) is 0 Å². The lowest BCUT2D eigenvalue weighted by atomic mass is 9.87. The maximum absolute atomic E-state index is 6.12. The zero-order valence-electron chi connectivity index (χ0n) is 10.8. The smallest absolute Gasteiger partial charge is 0.111 e. The van der Waals surface area contributed by atoms with Gasteiger partial charge in [0, 0.05) is 6.04 Å². The second kappa shape index (κ2) is 4.28. The Morgan fingerprint density at radius 3 is 2.38 bits per heavy atom. The van der Waals surface area contributed by atoms with Gasteiger partial charge in [0.1, 0.15) is 5.82 Å². The van der Waals surface area contributed by atoms with E-state index in [1.165, 1.54) is 32.1 Å². The molecule has 92 valence electrons. The molecule has 1 aliphatic heterocycles. The molecule has 1 heterocycles. The number of nitrogens with one attached hydrogen (secondary N) is 1. The highest BCUT2D eigenvalue weighted by atomic mass is 15.6. The molecule has 1 saturated carbocycles. The van der Waals surface area contributed by atoms with Crippen LogP contribution in [-0.4, -0.2) is 17.1 Å². The molecule has 1 aliphatic carbocycles. The van der Waals surface area contributed by atoms with E-state index in [9.17, 15) is 0 Å². The highest BCUT2D eigenvalue weighted by Crippen LogP contribution is 2.30. The molecule has 0 amide bonds. The molecule has 2 rings (SSSR count). The van der Waals surface area contributed by atoms with E-state index in [-0.39, 0.29) is 5.41 Å². The zero-order chi connectivity index (χ0) is 11.8. The predicted molar refractivity (Wildman–Crippen MR) is 67.4 cm³/mol. The molecule has 0 aromatic heterocycles. The SMILES string of the molecule is CC(C)(C)C1C=C(N)N(C2CCCCC2)N1. The minimum atomic E-state index is 0.230. The molecule has 3 N–H and O–H groups in total. The normalized spacial score (nSPS) is 28.3. The van der Waals surface area contributed by atoms with Crippen LogP contribution in [0.4, 0.5) is 0 Å². The highest BCUT2D eigenvalue weighted by Gasteiger charge is 2.33. The average molecular weight is 223 g/mol. The number of hydrogen-bond acceptors (Lipinski definition) is 3. The van der Waals surface area contributed by atoms with Crippen molar-refractivity contribution in [2.45, 2.75) is 65.0 Å². The zero-order valence-corrected chi connectivity index (χ0v) is 10.8. The molecule has 0 aromatic carbocycles. The number of rotatable bonds is 1. The van der Waals surface area contributed by atoms with E-state index in [1.807, 2.05) is 0 Å². The molecule has 3 nitrogen and oxygen atoms in total. The van der Waals surface area contributed by atoms with E-state index in [1.54, 1.807) is 0 Å². The first-order valence-corrected chi connectivity index (χ1v) is 6.51. The fourth-order valence-corrected chi connectivity index (χ4v) is 2.61. The second-order valence-corrected chi connectivity index (χ2v) is 6.23. The van der Waals surface area contributed by atoms with Crippen LogP contribution in [0.25, 0.3) is 0 Å². The molecule has 0 bridgehead atoms. The summed E-state index contributed by atoms with van der Waals surface area (Å²) >= 11 is 0. The van der Waals surface area contributed by atoms with E-state index in [4.69, 9.17) is 5.73 Å². The van der Waals surface area contributed by atoms with Crippen molar-refractivity contribution in [1.29, 1.82) is 0 Å². The summed E-state index contributed by atoms with van der Waals surface area (Å²) in [4.78, 5) is 0. The third kappa shape index (κ3) is 2.34. The van der Waals surface area contributed by atoms with Crippen molar-refractivity contribution in [2.75, 3.05) is 0 Å². The van der Waals surface area contributed by atoms with Crippen LogP contribution >= 0.6 is 0 Å². The van der Waals surface area contributed by atoms with Gasteiger partial charge in [0.05, 0.1) is 6.04 Å². The minimum absolute atomic E-state index is 0.230. The maximum atomic E-state index is 6.12. The molecule has 0 saturated heterocycles. The van der Waals surface area contributed by atoms with Crippen molar-refractivity contribution in [3.63, 3.8) is 0 Å². The van der Waals surface area contributed by atoms with Gasteiger partial charge in [0.25, 0.3) is 0 Å². The number of hydrogen-bond donors (Lipinski definition) is 2. The Labute approximate surface area is 99.0 Å². The minimum Gasteiger partial charge on any atom is -0.385 e. The predicted octanol–water partition coefficient (Wildman–Crippen LogP) is 2.35. The summed E-state index contributed by atoms with van der Waals surface area (Å²) in [5.41, 5.74) is 9.92. The third-order valence-electron chi connectivity index (χ3n) is 3.77. The molecule has 0 radical (unpaired) electrons. The molecule has 16 heavy (non-hydrogen) atoms. The van der Waals surface area contributed by atoms with Crippen LogP contribution in [0.15, 0.2) is 11.9 Å². The van der Waals surface area contributed by atoms with E-state index >= 15 is 0 Å². The van der Waals surface area contributed by atoms with E-state index in [0.717, 1.165) is 5.82 Å². The summed E-state index contributed by atoms with van der Waals surface area (Å²) in [7, 11) is 0. The first-order valence-electron chi connectivity index (χ1n) is 6.51. The van der Waals surface area contributed by atoms with E-state index in [0.29, 0.717) is 12.1 Å². The Balaban J connectivity index is 2.01. The van der Waals surface area contributed by atoms with Crippen LogP contribution in [0, 0.1) is 5.41 Å². The van der Waals surface area contributed by atoms with Crippen molar-refractivity contribution in [2.24, 2.45) is 11.1 Å². The van der Waals surface area contributed by atoms with Gasteiger partial charge in [-0.25, -0.2) is 5.43 Å². The van der Waals surface area contributed by atoms with Crippen molar-refractivity contribution in [3.05, 3.63) is 11.9 Å². The molecular weight excluding hydrogens is 198 g/mol. The Hall–Kier alpha value is -0.700. The van der Waals surface area contributed by atoms with Crippen LogP contribution in [0.2, 0.25) is 0 Å². The van der Waals surface area contributed by atoms with Gasteiger partial charge >= 0.3 is 0 Å². The second-order valence-electron chi connectivity index (χ2n) is 6.23. The van der Waals surface area contributed by atoms with Crippen LogP contribution in [-0.2, 0) is 0 Å². The number of hydrazine groups is 1. The quantitative estimate of drug-likeness (QED) is 0.717. The van der Waals surface area contributed by atoms with Gasteiger partial charge in [-0.15, -0.1) is 0 Å². The highest BCUT2D eigenvalue weighted by molar-refractivity contribution is 5.12. The molecular formula is C13H25N3. The molecule has 0 spiro atoms. The van der Waals surface area contributed by atoms with Crippen molar-refractivity contribution >= 4 is 0 Å². The van der Waals surface area contributed by atoms with E-state index < -0.39 is 0 Å². The van der Waals surface area contributed by atoms with Crippen LogP contribution in [0.1, 0.15) is 52.9 Å². The van der Waals surface area contributed by atoms with Gasteiger partial charge in [0.15, 0.2) is 0 Å². The Morgan fingerprint density at radius 1 is 1.25 bits per heavy atom. The van der Waals surface area contributed by atoms with Gasteiger partial charge in [-0.3, -0.25) is 5.01 Å². The van der Waals surface area contributed by atoms with Gasteiger partial charge in [-0.1, -0.05) is 40.0 Å². The molecule has 1 atom stereocenters. The third-order valence-corrected chi connectivity index (χ3v) is 3.77. The fraction of sp³-hybridized carbons (Fsp3) is 0.846. The first-order chi connectivity index (χ1) is 7.48. The summed E-state index contributed by atoms with van der Waals surface area (Å²) in [6, 6.07) is 0.978. The molecule has 1 unspecified atom stereocenters. The monoisotopic (exact) mass is 223 g/mol.